The van der Waals surface area contributed by atoms with E-state index in [1.165, 1.54) is 10.8 Å². The topological polar surface area (TPSA) is 93.6 Å². The largest absolute Gasteiger partial charge is 0.352 e. The summed E-state index contributed by atoms with van der Waals surface area (Å²) in [6, 6.07) is 0. The number of rotatable bonds is 4. The smallest absolute Gasteiger partial charge is 0.330 e. The summed E-state index contributed by atoms with van der Waals surface area (Å²) >= 11 is 0. The molecule has 0 radical (unpaired) electrons. The van der Waals surface area contributed by atoms with Crippen molar-refractivity contribution >= 4 is 9.03 Å². The minimum Gasteiger partial charge on any atom is -0.352 e. The molecule has 1 fully saturated rings. The van der Waals surface area contributed by atoms with E-state index < -0.39 is 14.7 Å². The van der Waals surface area contributed by atoms with E-state index in [0.29, 0.717) is 18.6 Å². The Hall–Kier alpha value is -1.01. The quantitative estimate of drug-likeness (QED) is 0.756. The average molecular weight is 274 g/mol. The van der Waals surface area contributed by atoms with Crippen molar-refractivity contribution in [2.75, 3.05) is 6.61 Å². The van der Waals surface area contributed by atoms with Crippen LogP contribution in [0.15, 0.2) is 15.8 Å². The Morgan fingerprint density at radius 2 is 2.39 bits per heavy atom. The first kappa shape index (κ1) is 13.4. The second kappa shape index (κ2) is 5.75. The highest BCUT2D eigenvalue weighted by Crippen LogP contribution is 2.27. The summed E-state index contributed by atoms with van der Waals surface area (Å²) in [6.07, 6.45) is 2.41. The molecule has 0 saturated carbocycles. The summed E-state index contributed by atoms with van der Waals surface area (Å²) in [6.45, 7) is 1.94. The maximum atomic E-state index is 11.7. The van der Waals surface area contributed by atoms with E-state index in [1.807, 2.05) is 0 Å². The number of aromatic amines is 1. The first-order valence-electron chi connectivity index (χ1n) is 5.60. The standard InChI is InChI=1S/C10H15N2O5P/c1-6-4-12(10(14)11-9(6)13)8-3-2-7(17-8)5-16-18-15/h4,7-8,15,18H,2-3,5H2,1H3,(H,11,13,14)/t7?,8-/m1/s1. The lowest BCUT2D eigenvalue weighted by Crippen LogP contribution is -2.33. The van der Waals surface area contributed by atoms with Gasteiger partial charge in [-0.1, -0.05) is 0 Å². The van der Waals surface area contributed by atoms with Crippen LogP contribution in [0.25, 0.3) is 0 Å². The zero-order valence-corrected chi connectivity index (χ0v) is 10.9. The van der Waals surface area contributed by atoms with Gasteiger partial charge in [0.15, 0.2) is 9.03 Å². The number of nitrogens with one attached hydrogen (secondary N) is 1. The molecular formula is C10H15N2O5P. The monoisotopic (exact) mass is 274 g/mol. The van der Waals surface area contributed by atoms with Gasteiger partial charge in [0.1, 0.15) is 6.23 Å². The molecule has 3 atom stereocenters. The van der Waals surface area contributed by atoms with Gasteiger partial charge in [0, 0.05) is 11.8 Å². The second-order valence-corrected chi connectivity index (χ2v) is 4.64. The second-order valence-electron chi connectivity index (χ2n) is 4.17. The molecule has 2 unspecified atom stereocenters. The molecule has 1 aromatic heterocycles. The normalized spacial score (nSPS) is 24.1. The lowest BCUT2D eigenvalue weighted by molar-refractivity contribution is -0.0190. The molecule has 2 N–H and O–H groups in total. The van der Waals surface area contributed by atoms with Crippen molar-refractivity contribution in [2.24, 2.45) is 0 Å². The SMILES string of the molecule is Cc1cn([C@H]2CCC(COPO)O2)c(=O)[nH]c1=O. The van der Waals surface area contributed by atoms with Crippen LogP contribution < -0.4 is 11.2 Å². The average Bonchev–Trinajstić information content (AvgIpc) is 2.79. The van der Waals surface area contributed by atoms with Crippen LogP contribution >= 0.6 is 9.03 Å². The zero-order valence-electron chi connectivity index (χ0n) is 9.88. The maximum absolute atomic E-state index is 11.7. The van der Waals surface area contributed by atoms with Gasteiger partial charge >= 0.3 is 5.69 Å². The van der Waals surface area contributed by atoms with Crippen LogP contribution in [-0.4, -0.2) is 27.2 Å². The molecule has 1 aliphatic heterocycles. The predicted octanol–water partition coefficient (Wildman–Crippen LogP) is 0.0400. The van der Waals surface area contributed by atoms with E-state index in [-0.39, 0.29) is 17.9 Å². The molecule has 2 rings (SSSR count). The van der Waals surface area contributed by atoms with E-state index in [2.05, 4.69) is 4.98 Å². The van der Waals surface area contributed by atoms with Gasteiger partial charge in [-0.2, -0.15) is 0 Å². The molecule has 8 heteroatoms. The van der Waals surface area contributed by atoms with Crippen molar-refractivity contribution < 1.29 is 14.2 Å². The molecule has 0 bridgehead atoms. The van der Waals surface area contributed by atoms with Gasteiger partial charge in [-0.25, -0.2) is 4.79 Å². The van der Waals surface area contributed by atoms with Crippen molar-refractivity contribution in [2.45, 2.75) is 32.1 Å². The predicted molar refractivity (Wildman–Crippen MR) is 65.7 cm³/mol. The lowest BCUT2D eigenvalue weighted by atomic mass is 10.2. The summed E-state index contributed by atoms with van der Waals surface area (Å²) in [5.74, 6) is 0. The fourth-order valence-electron chi connectivity index (χ4n) is 1.94. The maximum Gasteiger partial charge on any atom is 0.330 e. The van der Waals surface area contributed by atoms with Crippen molar-refractivity contribution in [3.8, 4) is 0 Å². The molecule has 0 spiro atoms. The van der Waals surface area contributed by atoms with Crippen molar-refractivity contribution in [1.82, 2.24) is 9.55 Å². The van der Waals surface area contributed by atoms with Gasteiger partial charge in [-0.3, -0.25) is 14.3 Å². The Morgan fingerprint density at radius 1 is 1.61 bits per heavy atom. The molecule has 0 aliphatic carbocycles. The van der Waals surface area contributed by atoms with Gasteiger partial charge in [0.2, 0.25) is 0 Å². The summed E-state index contributed by atoms with van der Waals surface area (Å²) in [7, 11) is -0.559. The van der Waals surface area contributed by atoms with Crippen molar-refractivity contribution in [3.05, 3.63) is 32.6 Å². The highest BCUT2D eigenvalue weighted by Gasteiger charge is 2.27. The molecular weight excluding hydrogens is 259 g/mol. The van der Waals surface area contributed by atoms with Crippen LogP contribution in [0.1, 0.15) is 24.6 Å². The molecule has 0 amide bonds. The molecule has 0 aromatic carbocycles. The molecule has 2 heterocycles. The first-order valence-corrected chi connectivity index (χ1v) is 6.45. The van der Waals surface area contributed by atoms with Crippen LogP contribution in [0.4, 0.5) is 0 Å². The number of ether oxygens (including phenoxy) is 1. The van der Waals surface area contributed by atoms with E-state index in [4.69, 9.17) is 14.2 Å². The first-order chi connectivity index (χ1) is 8.61. The Kier molecular flexibility index (Phi) is 4.29. The number of hydrogen-bond acceptors (Lipinski definition) is 5. The van der Waals surface area contributed by atoms with Gasteiger partial charge in [0.25, 0.3) is 5.56 Å². The summed E-state index contributed by atoms with van der Waals surface area (Å²) in [5, 5.41) is 0. The third-order valence-corrected chi connectivity index (χ3v) is 3.17. The van der Waals surface area contributed by atoms with Crippen molar-refractivity contribution in [1.29, 1.82) is 0 Å². The van der Waals surface area contributed by atoms with Crippen molar-refractivity contribution in [3.63, 3.8) is 0 Å². The fourth-order valence-corrected chi connectivity index (χ4v) is 2.20. The van der Waals surface area contributed by atoms with Crippen LogP contribution in [0.2, 0.25) is 0 Å². The van der Waals surface area contributed by atoms with Crippen LogP contribution in [0, 0.1) is 6.92 Å². The van der Waals surface area contributed by atoms with E-state index in [9.17, 15) is 9.59 Å². The van der Waals surface area contributed by atoms with Gasteiger partial charge in [-0.05, 0) is 19.8 Å². The summed E-state index contributed by atoms with van der Waals surface area (Å²) in [4.78, 5) is 33.7. The molecule has 1 aromatic rings. The minimum atomic E-state index is -0.559. The van der Waals surface area contributed by atoms with Crippen LogP contribution in [-0.2, 0) is 9.26 Å². The number of hydrogen-bond donors (Lipinski definition) is 2. The lowest BCUT2D eigenvalue weighted by Gasteiger charge is -2.15. The molecule has 18 heavy (non-hydrogen) atoms. The number of H-pyrrole nitrogens is 1. The van der Waals surface area contributed by atoms with Crippen LogP contribution in [0.5, 0.6) is 0 Å². The molecule has 1 aliphatic rings. The zero-order chi connectivity index (χ0) is 13.1. The highest BCUT2D eigenvalue weighted by atomic mass is 31.1. The Labute approximate surface area is 105 Å². The van der Waals surface area contributed by atoms with Crippen LogP contribution in [0.3, 0.4) is 0 Å². The van der Waals surface area contributed by atoms with Gasteiger partial charge in [0.05, 0.1) is 12.7 Å². The summed E-state index contributed by atoms with van der Waals surface area (Å²) < 4.78 is 11.9. The van der Waals surface area contributed by atoms with Gasteiger partial charge in [-0.15, -0.1) is 0 Å². The number of aryl methyl sites for hydroxylation is 1. The third-order valence-electron chi connectivity index (χ3n) is 2.88. The minimum absolute atomic E-state index is 0.131. The fraction of sp³-hybridized carbons (Fsp3) is 0.600. The molecule has 7 nitrogen and oxygen atoms in total. The summed E-state index contributed by atoms with van der Waals surface area (Å²) in [5.41, 5.74) is -0.383. The third kappa shape index (κ3) is 2.87. The Balaban J connectivity index is 2.12. The highest BCUT2D eigenvalue weighted by molar-refractivity contribution is 7.24. The van der Waals surface area contributed by atoms with E-state index >= 15 is 0 Å². The van der Waals surface area contributed by atoms with E-state index in [1.54, 1.807) is 6.92 Å². The number of nitrogens with zero attached hydrogens (tertiary/aromatic N) is 1. The Bertz CT molecular complexity index is 526. The van der Waals surface area contributed by atoms with E-state index in [0.717, 1.165) is 6.42 Å². The molecule has 100 valence electrons. The molecule has 1 saturated heterocycles. The Morgan fingerprint density at radius 3 is 3.11 bits per heavy atom. The van der Waals surface area contributed by atoms with Gasteiger partial charge < -0.3 is 14.2 Å². The number of aromatic nitrogens is 2.